The molecule has 9 nitrogen and oxygen atoms in total. The fourth-order valence-corrected chi connectivity index (χ4v) is 4.39. The Kier molecular flexibility index (Phi) is 4.41. The summed E-state index contributed by atoms with van der Waals surface area (Å²) in [5, 5.41) is 7.09. The third kappa shape index (κ3) is 3.54. The lowest BCUT2D eigenvalue weighted by Gasteiger charge is -2.58. The number of aryl methyl sites for hydroxylation is 1. The van der Waals surface area contributed by atoms with E-state index in [9.17, 15) is 4.79 Å². The quantitative estimate of drug-likeness (QED) is 0.688. The molecule has 4 heterocycles. The summed E-state index contributed by atoms with van der Waals surface area (Å²) in [5.74, 6) is 2.27. The minimum atomic E-state index is -0.256. The van der Waals surface area contributed by atoms with Crippen LogP contribution >= 0.6 is 0 Å². The maximum Gasteiger partial charge on any atom is 0.270 e. The number of nitrogens with zero attached hydrogens (tertiary/aromatic N) is 4. The van der Waals surface area contributed by atoms with E-state index in [1.165, 1.54) is 12.8 Å². The Balaban J connectivity index is 1.24. The van der Waals surface area contributed by atoms with Crippen molar-refractivity contribution >= 4 is 11.6 Å². The highest BCUT2D eigenvalue weighted by Gasteiger charge is 2.52. The first-order chi connectivity index (χ1) is 15.1. The smallest absolute Gasteiger partial charge is 0.270 e. The first-order valence-corrected chi connectivity index (χ1v) is 11.2. The number of amides is 1. The van der Waals surface area contributed by atoms with Crippen LogP contribution in [0.2, 0.25) is 0 Å². The molecule has 164 valence electrons. The van der Waals surface area contributed by atoms with Gasteiger partial charge in [0.2, 0.25) is 11.8 Å². The second-order valence-corrected chi connectivity index (χ2v) is 9.35. The molecule has 1 spiro atoms. The van der Waals surface area contributed by atoms with Crippen LogP contribution in [0.15, 0.2) is 16.7 Å². The molecule has 9 heteroatoms. The molecule has 0 radical (unpaired) electrons. The van der Waals surface area contributed by atoms with E-state index in [4.69, 9.17) is 14.0 Å². The van der Waals surface area contributed by atoms with E-state index in [1.54, 1.807) is 13.0 Å². The normalized spacial score (nSPS) is 22.5. The van der Waals surface area contributed by atoms with Gasteiger partial charge in [-0.15, -0.1) is 0 Å². The molecule has 2 aliphatic carbocycles. The summed E-state index contributed by atoms with van der Waals surface area (Å²) in [4.78, 5) is 24.4. The number of carbonyl (C=O) groups excluding carboxylic acids is 1. The fourth-order valence-electron chi connectivity index (χ4n) is 4.39. The van der Waals surface area contributed by atoms with Crippen molar-refractivity contribution in [2.24, 2.45) is 11.8 Å². The number of hydrogen-bond acceptors (Lipinski definition) is 8. The van der Waals surface area contributed by atoms with Gasteiger partial charge in [0.25, 0.3) is 5.91 Å². The number of rotatable bonds is 8. The van der Waals surface area contributed by atoms with Gasteiger partial charge < -0.3 is 24.2 Å². The predicted octanol–water partition coefficient (Wildman–Crippen LogP) is 2.42. The zero-order valence-corrected chi connectivity index (χ0v) is 17.7. The average molecular weight is 425 g/mol. The molecule has 1 amide bonds. The molecule has 2 aromatic rings. The van der Waals surface area contributed by atoms with E-state index in [1.807, 2.05) is 6.07 Å². The molecule has 1 unspecified atom stereocenters. The van der Waals surface area contributed by atoms with Crippen LogP contribution in [0.1, 0.15) is 60.3 Å². The Morgan fingerprint density at radius 3 is 2.71 bits per heavy atom. The molecule has 4 fully saturated rings. The lowest BCUT2D eigenvalue weighted by Crippen LogP contribution is -2.71. The van der Waals surface area contributed by atoms with Crippen LogP contribution in [0.4, 0.5) is 5.69 Å². The summed E-state index contributed by atoms with van der Waals surface area (Å²) in [6.45, 7) is 4.84. The molecule has 31 heavy (non-hydrogen) atoms. The summed E-state index contributed by atoms with van der Waals surface area (Å²) >= 11 is 0. The van der Waals surface area contributed by atoms with Gasteiger partial charge in [0.05, 0.1) is 31.4 Å². The minimum absolute atomic E-state index is 0.0801. The van der Waals surface area contributed by atoms with E-state index < -0.39 is 0 Å². The molecule has 4 aliphatic rings. The van der Waals surface area contributed by atoms with Gasteiger partial charge in [-0.25, -0.2) is 4.98 Å². The lowest BCUT2D eigenvalue weighted by atomic mass is 9.82. The molecule has 2 aliphatic heterocycles. The van der Waals surface area contributed by atoms with E-state index >= 15 is 0 Å². The highest BCUT2D eigenvalue weighted by molar-refractivity contribution is 5.93. The molecule has 0 aromatic carbocycles. The van der Waals surface area contributed by atoms with Crippen LogP contribution in [-0.4, -0.2) is 52.9 Å². The van der Waals surface area contributed by atoms with Crippen molar-refractivity contribution in [1.29, 1.82) is 0 Å². The number of anilines is 1. The van der Waals surface area contributed by atoms with Gasteiger partial charge >= 0.3 is 0 Å². The first-order valence-electron chi connectivity index (χ1n) is 11.2. The largest absolute Gasteiger partial charge is 0.476 e. The molecule has 2 aromatic heterocycles. The van der Waals surface area contributed by atoms with Gasteiger partial charge in [-0.05, 0) is 56.1 Å². The average Bonchev–Trinajstić information content (AvgIpc) is 3.62. The Morgan fingerprint density at radius 2 is 2.13 bits per heavy atom. The van der Waals surface area contributed by atoms with E-state index in [0.717, 1.165) is 44.7 Å². The molecule has 1 atom stereocenters. The fraction of sp³-hybridized carbons (Fsp3) is 0.636. The molecular weight excluding hydrogens is 398 g/mol. The van der Waals surface area contributed by atoms with Crippen LogP contribution in [0.25, 0.3) is 0 Å². The minimum Gasteiger partial charge on any atom is -0.476 e. The van der Waals surface area contributed by atoms with Crippen molar-refractivity contribution in [3.05, 3.63) is 29.5 Å². The maximum absolute atomic E-state index is 13.1. The van der Waals surface area contributed by atoms with Crippen molar-refractivity contribution in [3.8, 4) is 5.88 Å². The molecular formula is C22H27N5O4. The van der Waals surface area contributed by atoms with Gasteiger partial charge in [-0.2, -0.15) is 4.98 Å². The second kappa shape index (κ2) is 7.19. The standard InChI is InChI=1S/C22H27N5O4/c1-13-23-19(26-31-13)18(15-4-5-15)25-20(28)16-6-7-17(21(24-16)30-10-14-2-3-14)27-9-8-22(27)11-29-12-22/h6-7,14-15,18H,2-5,8-12H2,1H3,(H,25,28). The summed E-state index contributed by atoms with van der Waals surface area (Å²) in [7, 11) is 0. The third-order valence-corrected chi connectivity index (χ3v) is 6.83. The Bertz CT molecular complexity index is 990. The number of carbonyl (C=O) groups is 1. The molecule has 6 rings (SSSR count). The van der Waals surface area contributed by atoms with Crippen LogP contribution in [0.3, 0.4) is 0 Å². The molecule has 1 N–H and O–H groups in total. The topological polar surface area (TPSA) is 103 Å². The number of aromatic nitrogens is 3. The second-order valence-electron chi connectivity index (χ2n) is 9.35. The molecule has 2 saturated heterocycles. The summed E-state index contributed by atoms with van der Waals surface area (Å²) in [6.07, 6.45) is 5.60. The summed E-state index contributed by atoms with van der Waals surface area (Å²) < 4.78 is 16.7. The van der Waals surface area contributed by atoms with Gasteiger partial charge in [-0.1, -0.05) is 5.16 Å². The molecule has 0 bridgehead atoms. The van der Waals surface area contributed by atoms with Crippen LogP contribution in [0, 0.1) is 18.8 Å². The summed E-state index contributed by atoms with van der Waals surface area (Å²) in [5.41, 5.74) is 1.38. The predicted molar refractivity (Wildman–Crippen MR) is 110 cm³/mol. The van der Waals surface area contributed by atoms with Crippen LogP contribution in [-0.2, 0) is 4.74 Å². The van der Waals surface area contributed by atoms with Gasteiger partial charge in [-0.3, -0.25) is 4.79 Å². The van der Waals surface area contributed by atoms with E-state index in [-0.39, 0.29) is 17.5 Å². The Labute approximate surface area is 180 Å². The molecule has 2 saturated carbocycles. The number of nitrogens with one attached hydrogen (secondary N) is 1. The van der Waals surface area contributed by atoms with Gasteiger partial charge in [0.1, 0.15) is 11.4 Å². The van der Waals surface area contributed by atoms with Gasteiger partial charge in [0, 0.05) is 13.5 Å². The first kappa shape index (κ1) is 19.0. The third-order valence-electron chi connectivity index (χ3n) is 6.83. The zero-order chi connectivity index (χ0) is 21.0. The number of hydrogen-bond donors (Lipinski definition) is 1. The van der Waals surface area contributed by atoms with Crippen molar-refractivity contribution in [3.63, 3.8) is 0 Å². The highest BCUT2D eigenvalue weighted by atomic mass is 16.5. The van der Waals surface area contributed by atoms with E-state index in [2.05, 4.69) is 25.3 Å². The van der Waals surface area contributed by atoms with Gasteiger partial charge in [0.15, 0.2) is 5.82 Å². The highest BCUT2D eigenvalue weighted by Crippen LogP contribution is 2.45. The lowest BCUT2D eigenvalue weighted by molar-refractivity contribution is -0.0849. The zero-order valence-electron chi connectivity index (χ0n) is 17.7. The van der Waals surface area contributed by atoms with Crippen molar-refractivity contribution in [1.82, 2.24) is 20.4 Å². The maximum atomic E-state index is 13.1. The number of pyridine rings is 1. The summed E-state index contributed by atoms with van der Waals surface area (Å²) in [6, 6.07) is 3.49. The van der Waals surface area contributed by atoms with E-state index in [0.29, 0.717) is 41.7 Å². The van der Waals surface area contributed by atoms with Crippen LogP contribution < -0.4 is 15.0 Å². The number of ether oxygens (including phenoxy) is 2. The Morgan fingerprint density at radius 1 is 1.29 bits per heavy atom. The van der Waals surface area contributed by atoms with Crippen molar-refractivity contribution < 1.29 is 18.8 Å². The van der Waals surface area contributed by atoms with Crippen molar-refractivity contribution in [2.45, 2.75) is 50.6 Å². The SMILES string of the molecule is Cc1nc(C(NC(=O)c2ccc(N3CCC34COC4)c(OCC3CC3)n2)C2CC2)no1. The Hall–Kier alpha value is -2.68. The monoisotopic (exact) mass is 425 g/mol. The van der Waals surface area contributed by atoms with Crippen LogP contribution in [0.5, 0.6) is 5.88 Å². The van der Waals surface area contributed by atoms with Crippen molar-refractivity contribution in [2.75, 3.05) is 31.3 Å².